The van der Waals surface area contributed by atoms with Crippen LogP contribution in [0.5, 0.6) is 0 Å². The van der Waals surface area contributed by atoms with Crippen LogP contribution < -0.4 is 10.6 Å². The highest BCUT2D eigenvalue weighted by molar-refractivity contribution is 5.88. The zero-order chi connectivity index (χ0) is 27.0. The number of carboxylic acids is 1. The van der Waals surface area contributed by atoms with Crippen LogP contribution in [0.1, 0.15) is 11.3 Å². The molecule has 38 heavy (non-hydrogen) atoms. The van der Waals surface area contributed by atoms with Crippen LogP contribution in [0.25, 0.3) is 27.9 Å². The van der Waals surface area contributed by atoms with E-state index in [9.17, 15) is 22.0 Å². The zero-order valence-corrected chi connectivity index (χ0v) is 19.3. The van der Waals surface area contributed by atoms with Crippen molar-refractivity contribution in [1.29, 1.82) is 0 Å². The standard InChI is InChI=1S/C22H17F2N7.C2HF3O2/c23-12-4-6-31-19(11-26-20(31)7-12)21-16(24)10-27-22(30-21)28-13-1-2-17-14(8-13)15-9-25-5-3-18(15)29-17;3-2(4,5)1(6)7/h1-2,4,6-8,10-11,25,29H,3,5,9H2,(H,27,28,30);(H,6,7). The molecular weight excluding hydrogens is 513 g/mol. The largest absolute Gasteiger partial charge is 0.490 e. The number of aromatic amines is 1. The Balaban J connectivity index is 0.000000374. The number of fused-ring (bicyclic) bond motifs is 4. The van der Waals surface area contributed by atoms with E-state index in [0.717, 1.165) is 42.3 Å². The van der Waals surface area contributed by atoms with Crippen LogP contribution in [0, 0.1) is 11.6 Å². The van der Waals surface area contributed by atoms with Gasteiger partial charge in [-0.3, -0.25) is 4.40 Å². The molecular formula is C24H18F5N7O2. The number of nitrogens with zero attached hydrogens (tertiary/aromatic N) is 4. The quantitative estimate of drug-likeness (QED) is 0.252. The van der Waals surface area contributed by atoms with Crippen LogP contribution >= 0.6 is 0 Å². The Kier molecular flexibility index (Phi) is 6.40. The van der Waals surface area contributed by atoms with E-state index in [4.69, 9.17) is 9.90 Å². The fourth-order valence-corrected chi connectivity index (χ4v) is 4.09. The summed E-state index contributed by atoms with van der Waals surface area (Å²) in [5.74, 6) is -3.49. The summed E-state index contributed by atoms with van der Waals surface area (Å²) in [6.07, 6.45) is -0.0254. The van der Waals surface area contributed by atoms with Crippen LogP contribution in [0.3, 0.4) is 0 Å². The van der Waals surface area contributed by atoms with E-state index in [1.54, 1.807) is 4.40 Å². The van der Waals surface area contributed by atoms with E-state index in [-0.39, 0.29) is 11.6 Å². The third kappa shape index (κ3) is 4.98. The van der Waals surface area contributed by atoms with Crippen molar-refractivity contribution < 1.29 is 31.9 Å². The number of anilines is 2. The van der Waals surface area contributed by atoms with Crippen LogP contribution in [0.15, 0.2) is 48.9 Å². The molecule has 0 bridgehead atoms. The monoisotopic (exact) mass is 531 g/mol. The number of pyridine rings is 1. The van der Waals surface area contributed by atoms with Crippen molar-refractivity contribution >= 4 is 34.2 Å². The number of aromatic nitrogens is 5. The molecule has 0 spiro atoms. The normalized spacial score (nSPS) is 13.2. The van der Waals surface area contributed by atoms with Gasteiger partial charge in [0.2, 0.25) is 5.95 Å². The number of benzene rings is 1. The number of H-pyrrole nitrogens is 1. The molecule has 0 aliphatic carbocycles. The molecule has 1 aliphatic rings. The number of rotatable bonds is 3. The van der Waals surface area contributed by atoms with Crippen molar-refractivity contribution in [3.63, 3.8) is 0 Å². The third-order valence-electron chi connectivity index (χ3n) is 5.81. The molecule has 0 amide bonds. The van der Waals surface area contributed by atoms with Crippen molar-refractivity contribution in [2.45, 2.75) is 19.1 Å². The lowest BCUT2D eigenvalue weighted by Crippen LogP contribution is -2.22. The first-order valence-electron chi connectivity index (χ1n) is 11.2. The number of hydrogen-bond donors (Lipinski definition) is 4. The Hall–Kier alpha value is -4.59. The molecule has 0 fully saturated rings. The summed E-state index contributed by atoms with van der Waals surface area (Å²) in [5.41, 5.74) is 5.29. The van der Waals surface area contributed by atoms with Gasteiger partial charge in [0.25, 0.3) is 0 Å². The summed E-state index contributed by atoms with van der Waals surface area (Å²) in [4.78, 5) is 25.0. The van der Waals surface area contributed by atoms with Crippen molar-refractivity contribution in [2.75, 3.05) is 11.9 Å². The number of nitrogens with one attached hydrogen (secondary N) is 3. The Morgan fingerprint density at radius 1 is 1.11 bits per heavy atom. The second-order valence-electron chi connectivity index (χ2n) is 8.30. The molecule has 4 N–H and O–H groups in total. The first-order chi connectivity index (χ1) is 18.1. The number of carboxylic acid groups (broad SMARTS) is 1. The van der Waals surface area contributed by atoms with Gasteiger partial charge in [-0.25, -0.2) is 28.5 Å². The van der Waals surface area contributed by atoms with Gasteiger partial charge < -0.3 is 20.7 Å². The number of imidazole rings is 1. The molecule has 1 aromatic carbocycles. The first kappa shape index (κ1) is 25.1. The van der Waals surface area contributed by atoms with Gasteiger partial charge in [-0.15, -0.1) is 0 Å². The van der Waals surface area contributed by atoms with Gasteiger partial charge in [0, 0.05) is 54.1 Å². The number of alkyl halides is 3. The summed E-state index contributed by atoms with van der Waals surface area (Å²) in [7, 11) is 0. The average molecular weight is 531 g/mol. The average Bonchev–Trinajstić information content (AvgIpc) is 3.46. The lowest BCUT2D eigenvalue weighted by molar-refractivity contribution is -0.192. The van der Waals surface area contributed by atoms with Crippen molar-refractivity contribution in [2.24, 2.45) is 0 Å². The molecule has 0 radical (unpaired) electrons. The minimum Gasteiger partial charge on any atom is -0.475 e. The van der Waals surface area contributed by atoms with Crippen molar-refractivity contribution in [3.05, 3.63) is 71.8 Å². The van der Waals surface area contributed by atoms with Crippen molar-refractivity contribution in [1.82, 2.24) is 29.7 Å². The Bertz CT molecular complexity index is 1660. The molecule has 0 atom stereocenters. The molecule has 0 unspecified atom stereocenters. The van der Waals surface area contributed by atoms with E-state index in [0.29, 0.717) is 11.3 Å². The predicted molar refractivity (Wildman–Crippen MR) is 127 cm³/mol. The summed E-state index contributed by atoms with van der Waals surface area (Å²) in [5, 5.41) is 14.8. The predicted octanol–water partition coefficient (Wildman–Crippen LogP) is 4.57. The summed E-state index contributed by atoms with van der Waals surface area (Å²) >= 11 is 0. The number of halogens is 5. The number of carbonyl (C=O) groups is 1. The van der Waals surface area contributed by atoms with Gasteiger partial charge in [0.1, 0.15) is 17.2 Å². The molecule has 0 saturated heterocycles. The van der Waals surface area contributed by atoms with Gasteiger partial charge >= 0.3 is 12.1 Å². The van der Waals surface area contributed by atoms with Gasteiger partial charge in [-0.05, 0) is 29.8 Å². The van der Waals surface area contributed by atoms with E-state index in [2.05, 4.69) is 30.6 Å². The maximum atomic E-state index is 14.6. The smallest absolute Gasteiger partial charge is 0.475 e. The SMILES string of the molecule is Fc1ccn2c(-c3nc(Nc4ccc5[nH]c6c(c5c4)CNCC6)ncc3F)cnc2c1.O=C(O)C(F)(F)F. The molecule has 0 saturated carbocycles. The third-order valence-corrected chi connectivity index (χ3v) is 5.81. The second kappa shape index (κ2) is 9.70. The topological polar surface area (TPSA) is 120 Å². The van der Waals surface area contributed by atoms with E-state index in [1.165, 1.54) is 35.8 Å². The second-order valence-corrected chi connectivity index (χ2v) is 8.30. The summed E-state index contributed by atoms with van der Waals surface area (Å²) < 4.78 is 61.3. The minimum atomic E-state index is -5.08. The maximum absolute atomic E-state index is 14.6. The lowest BCUT2D eigenvalue weighted by Gasteiger charge is -2.12. The highest BCUT2D eigenvalue weighted by atomic mass is 19.4. The zero-order valence-electron chi connectivity index (χ0n) is 19.3. The van der Waals surface area contributed by atoms with Crippen LogP contribution in [-0.4, -0.2) is 48.1 Å². The Labute approximate surface area is 210 Å². The van der Waals surface area contributed by atoms with Gasteiger partial charge in [-0.2, -0.15) is 13.2 Å². The molecule has 14 heteroatoms. The molecule has 6 rings (SSSR count). The van der Waals surface area contributed by atoms with E-state index >= 15 is 0 Å². The van der Waals surface area contributed by atoms with E-state index < -0.39 is 23.8 Å². The fourth-order valence-electron chi connectivity index (χ4n) is 4.09. The minimum absolute atomic E-state index is 0.0842. The maximum Gasteiger partial charge on any atom is 0.490 e. The van der Waals surface area contributed by atoms with Crippen LogP contribution in [-0.2, 0) is 17.8 Å². The summed E-state index contributed by atoms with van der Waals surface area (Å²) in [6.45, 7) is 1.79. The van der Waals surface area contributed by atoms with E-state index in [1.807, 2.05) is 18.2 Å². The molecule has 9 nitrogen and oxygen atoms in total. The molecule has 4 aromatic heterocycles. The van der Waals surface area contributed by atoms with Gasteiger partial charge in [0.15, 0.2) is 5.82 Å². The van der Waals surface area contributed by atoms with Crippen molar-refractivity contribution in [3.8, 4) is 11.4 Å². The van der Waals surface area contributed by atoms with Crippen LogP contribution in [0.2, 0.25) is 0 Å². The lowest BCUT2D eigenvalue weighted by atomic mass is 10.1. The Morgan fingerprint density at radius 3 is 2.66 bits per heavy atom. The number of aliphatic carboxylic acids is 1. The molecule has 1 aliphatic heterocycles. The molecule has 5 heterocycles. The molecule has 196 valence electrons. The van der Waals surface area contributed by atoms with Gasteiger partial charge in [0.05, 0.1) is 18.1 Å². The van der Waals surface area contributed by atoms with Crippen LogP contribution in [0.4, 0.5) is 33.6 Å². The molecule has 5 aromatic rings. The highest BCUT2D eigenvalue weighted by Crippen LogP contribution is 2.29. The van der Waals surface area contributed by atoms with Gasteiger partial charge in [-0.1, -0.05) is 0 Å². The first-order valence-corrected chi connectivity index (χ1v) is 11.2. The Morgan fingerprint density at radius 2 is 1.89 bits per heavy atom. The highest BCUT2D eigenvalue weighted by Gasteiger charge is 2.38. The number of hydrogen-bond acceptors (Lipinski definition) is 6. The fraction of sp³-hybridized carbons (Fsp3) is 0.167. The summed E-state index contributed by atoms with van der Waals surface area (Å²) in [6, 6.07) is 8.56.